The molecule has 38 heavy (non-hydrogen) atoms. The normalized spacial score (nSPS) is 13.1. The monoisotopic (exact) mass is 695 g/mol. The summed E-state index contributed by atoms with van der Waals surface area (Å²) in [6.45, 7) is 6.85. The number of nitrogens with zero attached hydrogens (tertiary/aromatic N) is 2. The molecule has 6 rings (SSSR count). The molecule has 0 fully saturated rings. The van der Waals surface area contributed by atoms with Crippen molar-refractivity contribution in [2.24, 2.45) is 0 Å². The van der Waals surface area contributed by atoms with E-state index in [0.717, 1.165) is 32.5 Å². The minimum absolute atomic E-state index is 0. The molecule has 0 unspecified atom stereocenters. The molecule has 4 aromatic carbocycles. The Hall–Kier alpha value is -3.04. The van der Waals surface area contributed by atoms with Crippen LogP contribution in [-0.2, 0) is 20.1 Å². The van der Waals surface area contributed by atoms with Crippen molar-refractivity contribution in [1.82, 2.24) is 9.55 Å². The van der Waals surface area contributed by atoms with Crippen molar-refractivity contribution in [3.63, 3.8) is 0 Å². The van der Waals surface area contributed by atoms with E-state index in [9.17, 15) is 0 Å². The summed E-state index contributed by atoms with van der Waals surface area (Å²) < 4.78 is 26.8. The maximum absolute atomic E-state index is 7.86. The van der Waals surface area contributed by atoms with Gasteiger partial charge in [-0.3, -0.25) is 16.3 Å². The van der Waals surface area contributed by atoms with Crippen molar-refractivity contribution in [3.8, 4) is 28.2 Å². The number of rotatable bonds is 5. The fraction of sp³-hybridized carbons (Fsp3) is 0.206. The summed E-state index contributed by atoms with van der Waals surface area (Å²) in [6.07, 6.45) is 0. The average Bonchev–Trinajstić information content (AvgIpc) is 3.53. The summed E-state index contributed by atoms with van der Waals surface area (Å²) in [5.74, 6) is 1.37. The Morgan fingerprint density at radius 1 is 0.816 bits per heavy atom. The van der Waals surface area contributed by atoms with Crippen LogP contribution in [0.25, 0.3) is 49.3 Å². The summed E-state index contributed by atoms with van der Waals surface area (Å²) in [5.41, 5.74) is 9.31. The Morgan fingerprint density at radius 3 is 2.18 bits per heavy atom. The molecule has 0 amide bonds. The smallest absolute Gasteiger partial charge is 0.0774 e. The second-order valence-electron chi connectivity index (χ2n) is 10.2. The number of imidazole rings is 1. The molecular formula is C34H31IrN2S-. The molecule has 2 aromatic heterocycles. The third-order valence-electron chi connectivity index (χ3n) is 7.04. The molecule has 0 atom stereocenters. The summed E-state index contributed by atoms with van der Waals surface area (Å²) in [4.78, 5) is 5.16. The van der Waals surface area contributed by atoms with E-state index in [0.29, 0.717) is 5.56 Å². The second-order valence-corrected chi connectivity index (χ2v) is 11.1. The first-order valence-corrected chi connectivity index (χ1v) is 13.6. The van der Waals surface area contributed by atoms with Gasteiger partial charge in [-0.05, 0) is 65.2 Å². The standard InChI is InChI=1S/C34H31N2S.Ir/c1-21(2)27-18-25(24-11-7-6-8-12-24)19-28(22(3)4)33(27)36-31-14-10-9-13-30(31)35-34(36)29-20-37-32-17-23(5)15-16-26(29)32;/h6-19,21-22H,1-5H3;/q-1;/i5D3;. The van der Waals surface area contributed by atoms with Gasteiger partial charge in [0.2, 0.25) is 0 Å². The van der Waals surface area contributed by atoms with E-state index in [1.54, 1.807) is 12.1 Å². The van der Waals surface area contributed by atoms with E-state index in [1.807, 2.05) is 12.1 Å². The quantitative estimate of drug-likeness (QED) is 0.164. The first-order chi connectivity index (χ1) is 19.1. The molecule has 0 bridgehead atoms. The number of aryl methyl sites for hydroxylation is 1. The number of hydrogen-bond acceptors (Lipinski definition) is 2. The minimum atomic E-state index is -2.15. The van der Waals surface area contributed by atoms with Crippen LogP contribution in [0.3, 0.4) is 0 Å². The van der Waals surface area contributed by atoms with Gasteiger partial charge in [-0.15, -0.1) is 11.5 Å². The molecule has 0 aliphatic carbocycles. The predicted octanol–water partition coefficient (Wildman–Crippen LogP) is 9.93. The van der Waals surface area contributed by atoms with E-state index < -0.39 is 6.85 Å². The van der Waals surface area contributed by atoms with Crippen LogP contribution < -0.4 is 0 Å². The third-order valence-corrected chi connectivity index (χ3v) is 7.91. The van der Waals surface area contributed by atoms with E-state index in [4.69, 9.17) is 9.10 Å². The van der Waals surface area contributed by atoms with Gasteiger partial charge in [-0.2, -0.15) is 0 Å². The fourth-order valence-corrected chi connectivity index (χ4v) is 6.06. The van der Waals surface area contributed by atoms with E-state index in [-0.39, 0.29) is 31.9 Å². The zero-order valence-electron chi connectivity index (χ0n) is 24.9. The molecule has 0 aliphatic heterocycles. The molecular weight excluding hydrogens is 661 g/mol. The van der Waals surface area contributed by atoms with Crippen molar-refractivity contribution < 1.29 is 24.2 Å². The number of thiophene rings is 1. The number of para-hydroxylation sites is 2. The van der Waals surface area contributed by atoms with E-state index in [2.05, 4.69) is 98.3 Å². The van der Waals surface area contributed by atoms with Crippen molar-refractivity contribution >= 4 is 32.5 Å². The van der Waals surface area contributed by atoms with Crippen LogP contribution in [0.4, 0.5) is 0 Å². The summed E-state index contributed by atoms with van der Waals surface area (Å²) in [5, 5.41) is 4.45. The van der Waals surface area contributed by atoms with Gasteiger partial charge < -0.3 is 4.57 Å². The van der Waals surface area contributed by atoms with E-state index in [1.165, 1.54) is 39.3 Å². The molecule has 1 radical (unpaired) electrons. The van der Waals surface area contributed by atoms with Crippen LogP contribution >= 0.6 is 11.3 Å². The maximum atomic E-state index is 7.86. The van der Waals surface area contributed by atoms with Gasteiger partial charge in [-0.1, -0.05) is 103 Å². The number of fused-ring (bicyclic) bond motifs is 2. The SMILES string of the molecule is [2H]C([2H])([2H])c1ccc2c(-c3nc4ccccc4n3-c3c(C(C)C)cc(-c4ccccc4)cc3C(C)C)[c-]sc2c1.[Ir]. The molecule has 0 saturated carbocycles. The van der Waals surface area contributed by atoms with Crippen molar-refractivity contribution in [1.29, 1.82) is 0 Å². The zero-order valence-corrected chi connectivity index (χ0v) is 25.1. The van der Waals surface area contributed by atoms with Gasteiger partial charge in [0.25, 0.3) is 0 Å². The molecule has 0 aliphatic rings. The average molecular weight is 695 g/mol. The van der Waals surface area contributed by atoms with Gasteiger partial charge in [-0.25, -0.2) is 0 Å². The fourth-order valence-electron chi connectivity index (χ4n) is 5.18. The number of aromatic nitrogens is 2. The Bertz CT molecular complexity index is 1820. The van der Waals surface area contributed by atoms with Crippen LogP contribution in [0.5, 0.6) is 0 Å². The van der Waals surface area contributed by atoms with Crippen molar-refractivity contribution in [2.75, 3.05) is 0 Å². The molecule has 0 N–H and O–H groups in total. The summed E-state index contributed by atoms with van der Waals surface area (Å²) in [6, 6.07) is 28.9. The first kappa shape index (κ1) is 22.9. The van der Waals surface area contributed by atoms with Crippen molar-refractivity contribution in [3.05, 3.63) is 107 Å². The number of hydrogen-bond donors (Lipinski definition) is 0. The van der Waals surface area contributed by atoms with Crippen LogP contribution in [0.15, 0.2) is 84.9 Å². The van der Waals surface area contributed by atoms with Gasteiger partial charge in [0.15, 0.2) is 0 Å². The summed E-state index contributed by atoms with van der Waals surface area (Å²) >= 11 is 1.45. The maximum Gasteiger partial charge on any atom is 0.0774 e. The molecule has 2 nitrogen and oxygen atoms in total. The molecule has 0 saturated heterocycles. The molecule has 193 valence electrons. The minimum Gasteiger partial charge on any atom is -0.333 e. The first-order valence-electron chi connectivity index (χ1n) is 14.3. The zero-order chi connectivity index (χ0) is 28.2. The van der Waals surface area contributed by atoms with Crippen LogP contribution in [0.1, 0.15) is 60.3 Å². The Kier molecular flexibility index (Phi) is 6.40. The second kappa shape index (κ2) is 10.6. The van der Waals surface area contributed by atoms with Gasteiger partial charge in [0.05, 0.1) is 16.9 Å². The van der Waals surface area contributed by atoms with Crippen LogP contribution in [0, 0.1) is 12.2 Å². The van der Waals surface area contributed by atoms with Gasteiger partial charge in [0, 0.05) is 29.9 Å². The number of benzene rings is 4. The molecule has 6 aromatic rings. The molecule has 4 heteroatoms. The Labute approximate surface area is 246 Å². The Morgan fingerprint density at radius 2 is 1.50 bits per heavy atom. The van der Waals surface area contributed by atoms with Gasteiger partial charge >= 0.3 is 0 Å². The van der Waals surface area contributed by atoms with Crippen LogP contribution in [0.2, 0.25) is 0 Å². The van der Waals surface area contributed by atoms with Crippen LogP contribution in [-0.4, -0.2) is 9.55 Å². The Balaban J connectivity index is 0.00000337. The topological polar surface area (TPSA) is 17.8 Å². The predicted molar refractivity (Wildman–Crippen MR) is 159 cm³/mol. The molecule has 2 heterocycles. The van der Waals surface area contributed by atoms with Crippen molar-refractivity contribution in [2.45, 2.75) is 46.4 Å². The van der Waals surface area contributed by atoms with Gasteiger partial charge in [0.1, 0.15) is 0 Å². The third kappa shape index (κ3) is 4.56. The molecule has 0 spiro atoms. The largest absolute Gasteiger partial charge is 0.333 e. The summed E-state index contributed by atoms with van der Waals surface area (Å²) in [7, 11) is 0. The van der Waals surface area contributed by atoms with E-state index >= 15 is 0 Å².